The molecular formula is C20H25FN4O2. The number of hydrogen-bond donors (Lipinski definition) is 2. The highest BCUT2D eigenvalue weighted by Crippen LogP contribution is 2.30. The zero-order valence-electron chi connectivity index (χ0n) is 15.3. The standard InChI is InChI=1S/C20H25FN4O2/c21-18-8-16(17-9-22-23-10-17)1-2-19(18)24-5-3-14(4-6-24)11-25-12-15(13-26)7-20(25)27/h1-2,8-10,14-15,26H,3-7,11-13H2,(H,22,23). The molecule has 7 heteroatoms. The highest BCUT2D eigenvalue weighted by Gasteiger charge is 2.31. The number of aromatic amines is 1. The fraction of sp³-hybridized carbons (Fsp3) is 0.500. The summed E-state index contributed by atoms with van der Waals surface area (Å²) in [4.78, 5) is 16.0. The molecule has 1 aromatic heterocycles. The van der Waals surface area contributed by atoms with Crippen LogP contribution in [-0.4, -0.2) is 58.9 Å². The fourth-order valence-electron chi connectivity index (χ4n) is 4.17. The van der Waals surface area contributed by atoms with E-state index >= 15 is 0 Å². The van der Waals surface area contributed by atoms with Gasteiger partial charge in [0.1, 0.15) is 5.82 Å². The Bertz CT molecular complexity index is 787. The van der Waals surface area contributed by atoms with Crippen LogP contribution in [0.1, 0.15) is 19.3 Å². The summed E-state index contributed by atoms with van der Waals surface area (Å²) in [5.41, 5.74) is 2.32. The Balaban J connectivity index is 1.35. The second kappa shape index (κ2) is 7.68. The van der Waals surface area contributed by atoms with Crippen molar-refractivity contribution in [2.24, 2.45) is 11.8 Å². The van der Waals surface area contributed by atoms with Crippen LogP contribution in [0.4, 0.5) is 10.1 Å². The molecule has 2 aromatic rings. The van der Waals surface area contributed by atoms with Crippen molar-refractivity contribution in [1.29, 1.82) is 0 Å². The summed E-state index contributed by atoms with van der Waals surface area (Å²) < 4.78 is 14.6. The first-order valence-corrected chi connectivity index (χ1v) is 9.56. The summed E-state index contributed by atoms with van der Waals surface area (Å²) in [6.45, 7) is 3.08. The van der Waals surface area contributed by atoms with Gasteiger partial charge in [0.05, 0.1) is 11.9 Å². The molecule has 1 amide bonds. The smallest absolute Gasteiger partial charge is 0.223 e. The number of nitrogens with one attached hydrogen (secondary N) is 1. The molecule has 0 spiro atoms. The van der Waals surface area contributed by atoms with Crippen LogP contribution in [0, 0.1) is 17.7 Å². The van der Waals surface area contributed by atoms with Gasteiger partial charge in [-0.3, -0.25) is 9.89 Å². The minimum atomic E-state index is -0.215. The number of benzene rings is 1. The maximum absolute atomic E-state index is 14.6. The summed E-state index contributed by atoms with van der Waals surface area (Å²) in [7, 11) is 0. The second-order valence-corrected chi connectivity index (χ2v) is 7.64. The summed E-state index contributed by atoms with van der Waals surface area (Å²) in [5, 5.41) is 15.9. The third-order valence-electron chi connectivity index (χ3n) is 5.77. The Morgan fingerprint density at radius 1 is 1.22 bits per heavy atom. The lowest BCUT2D eigenvalue weighted by Crippen LogP contribution is -2.39. The van der Waals surface area contributed by atoms with Crippen molar-refractivity contribution in [2.45, 2.75) is 19.3 Å². The van der Waals surface area contributed by atoms with Gasteiger partial charge in [0.15, 0.2) is 0 Å². The molecule has 1 unspecified atom stereocenters. The van der Waals surface area contributed by atoms with Crippen molar-refractivity contribution in [3.8, 4) is 11.1 Å². The molecule has 3 heterocycles. The summed E-state index contributed by atoms with van der Waals surface area (Å²) in [6.07, 6.45) is 5.78. The van der Waals surface area contributed by atoms with E-state index in [1.807, 2.05) is 17.0 Å². The van der Waals surface area contributed by atoms with E-state index < -0.39 is 0 Å². The maximum atomic E-state index is 14.6. The molecule has 27 heavy (non-hydrogen) atoms. The molecule has 1 aromatic carbocycles. The number of likely N-dealkylation sites (tertiary alicyclic amines) is 1. The van der Waals surface area contributed by atoms with Crippen molar-refractivity contribution in [3.63, 3.8) is 0 Å². The average molecular weight is 372 g/mol. The lowest BCUT2D eigenvalue weighted by molar-refractivity contribution is -0.128. The molecule has 2 aliphatic heterocycles. The topological polar surface area (TPSA) is 72.5 Å². The van der Waals surface area contributed by atoms with Gasteiger partial charge in [-0.1, -0.05) is 6.07 Å². The van der Waals surface area contributed by atoms with E-state index in [1.165, 1.54) is 0 Å². The lowest BCUT2D eigenvalue weighted by atomic mass is 9.95. The van der Waals surface area contributed by atoms with Crippen molar-refractivity contribution >= 4 is 11.6 Å². The van der Waals surface area contributed by atoms with E-state index in [0.29, 0.717) is 24.6 Å². The van der Waals surface area contributed by atoms with Gasteiger partial charge in [-0.05, 0) is 36.5 Å². The third-order valence-corrected chi connectivity index (χ3v) is 5.77. The SMILES string of the molecule is O=C1CC(CO)CN1CC1CCN(c2ccc(-c3cn[nH]c3)cc2F)CC1. The first kappa shape index (κ1) is 18.0. The molecule has 144 valence electrons. The van der Waals surface area contributed by atoms with Crippen LogP contribution in [0.3, 0.4) is 0 Å². The Morgan fingerprint density at radius 3 is 2.67 bits per heavy atom. The maximum Gasteiger partial charge on any atom is 0.223 e. The van der Waals surface area contributed by atoms with Crippen molar-refractivity contribution in [3.05, 3.63) is 36.4 Å². The minimum absolute atomic E-state index is 0.0782. The summed E-state index contributed by atoms with van der Waals surface area (Å²) >= 11 is 0. The summed E-state index contributed by atoms with van der Waals surface area (Å²) in [6, 6.07) is 5.32. The minimum Gasteiger partial charge on any atom is -0.396 e. The van der Waals surface area contributed by atoms with Gasteiger partial charge in [0.25, 0.3) is 0 Å². The quantitative estimate of drug-likeness (QED) is 0.845. The van der Waals surface area contributed by atoms with Crippen LogP contribution in [0.2, 0.25) is 0 Å². The molecule has 2 saturated heterocycles. The molecule has 0 bridgehead atoms. The average Bonchev–Trinajstić information content (AvgIpc) is 3.33. The zero-order valence-corrected chi connectivity index (χ0v) is 15.3. The van der Waals surface area contributed by atoms with Gasteiger partial charge < -0.3 is 14.9 Å². The number of anilines is 1. The van der Waals surface area contributed by atoms with Gasteiger partial charge in [-0.15, -0.1) is 0 Å². The third kappa shape index (κ3) is 3.83. The molecular weight excluding hydrogens is 347 g/mol. The number of aliphatic hydroxyl groups is 1. The van der Waals surface area contributed by atoms with E-state index in [9.17, 15) is 14.3 Å². The fourth-order valence-corrected chi connectivity index (χ4v) is 4.17. The first-order chi connectivity index (χ1) is 13.1. The monoisotopic (exact) mass is 372 g/mol. The van der Waals surface area contributed by atoms with E-state index in [4.69, 9.17) is 0 Å². The first-order valence-electron chi connectivity index (χ1n) is 9.56. The number of H-pyrrole nitrogens is 1. The van der Waals surface area contributed by atoms with Crippen LogP contribution >= 0.6 is 0 Å². The van der Waals surface area contributed by atoms with Crippen LogP contribution < -0.4 is 4.90 Å². The summed E-state index contributed by atoms with van der Waals surface area (Å²) in [5.74, 6) is 0.460. The van der Waals surface area contributed by atoms with E-state index in [2.05, 4.69) is 15.1 Å². The van der Waals surface area contributed by atoms with Gasteiger partial charge >= 0.3 is 0 Å². The normalized spacial score (nSPS) is 21.3. The number of aromatic nitrogens is 2. The van der Waals surface area contributed by atoms with Gasteiger partial charge in [-0.25, -0.2) is 4.39 Å². The number of piperidine rings is 1. The van der Waals surface area contributed by atoms with Crippen LogP contribution in [0.5, 0.6) is 0 Å². The lowest BCUT2D eigenvalue weighted by Gasteiger charge is -2.35. The molecule has 0 radical (unpaired) electrons. The zero-order chi connectivity index (χ0) is 18.8. The molecule has 2 aliphatic rings. The predicted molar refractivity (Wildman–Crippen MR) is 101 cm³/mol. The Morgan fingerprint density at radius 2 is 2.04 bits per heavy atom. The van der Waals surface area contributed by atoms with Gasteiger partial charge in [0, 0.05) is 56.9 Å². The number of carbonyl (C=O) groups is 1. The largest absolute Gasteiger partial charge is 0.396 e. The number of nitrogens with zero attached hydrogens (tertiary/aromatic N) is 3. The number of amides is 1. The van der Waals surface area contributed by atoms with Crippen molar-refractivity contribution < 1.29 is 14.3 Å². The number of hydrogen-bond acceptors (Lipinski definition) is 4. The van der Waals surface area contributed by atoms with Gasteiger partial charge in [-0.2, -0.15) is 5.10 Å². The molecule has 6 nitrogen and oxygen atoms in total. The molecule has 1 atom stereocenters. The molecule has 0 aliphatic carbocycles. The van der Waals surface area contributed by atoms with Crippen LogP contribution in [0.25, 0.3) is 11.1 Å². The van der Waals surface area contributed by atoms with E-state index in [1.54, 1.807) is 18.5 Å². The number of carbonyl (C=O) groups excluding carboxylic acids is 1. The highest BCUT2D eigenvalue weighted by molar-refractivity contribution is 5.78. The van der Waals surface area contributed by atoms with Crippen molar-refractivity contribution in [1.82, 2.24) is 15.1 Å². The number of aliphatic hydroxyl groups excluding tert-OH is 1. The van der Waals surface area contributed by atoms with Crippen molar-refractivity contribution in [2.75, 3.05) is 37.7 Å². The predicted octanol–water partition coefficient (Wildman–Crippen LogP) is 2.27. The van der Waals surface area contributed by atoms with Crippen LogP contribution in [0.15, 0.2) is 30.6 Å². The Hall–Kier alpha value is -2.41. The molecule has 0 saturated carbocycles. The molecule has 4 rings (SSSR count). The Kier molecular flexibility index (Phi) is 5.11. The number of halogens is 1. The van der Waals surface area contributed by atoms with Crippen LogP contribution in [-0.2, 0) is 4.79 Å². The second-order valence-electron chi connectivity index (χ2n) is 7.64. The van der Waals surface area contributed by atoms with E-state index in [0.717, 1.165) is 43.6 Å². The van der Waals surface area contributed by atoms with Gasteiger partial charge in [0.2, 0.25) is 5.91 Å². The molecule has 2 N–H and O–H groups in total. The number of rotatable bonds is 5. The highest BCUT2D eigenvalue weighted by atomic mass is 19.1. The Labute approximate surface area is 158 Å². The molecule has 2 fully saturated rings. The van der Waals surface area contributed by atoms with E-state index in [-0.39, 0.29) is 24.2 Å².